The predicted octanol–water partition coefficient (Wildman–Crippen LogP) is 3.09. The topological polar surface area (TPSA) is 29.1 Å². The number of nitrogens with one attached hydrogen (secondary N) is 1. The first kappa shape index (κ1) is 13.8. The van der Waals surface area contributed by atoms with E-state index in [2.05, 4.69) is 0 Å². The molecule has 1 aliphatic carbocycles. The third-order valence-electron chi connectivity index (χ3n) is 2.85. The lowest BCUT2D eigenvalue weighted by Gasteiger charge is -2.22. The smallest absolute Gasteiger partial charge is 0.340 e. The first-order valence-electron chi connectivity index (χ1n) is 5.61. The Morgan fingerprint density at radius 2 is 1.74 bits per heavy atom. The highest BCUT2D eigenvalue weighted by molar-refractivity contribution is 5.81. The molecule has 2 rings (SSSR count). The lowest BCUT2D eigenvalue weighted by Crippen LogP contribution is -2.40. The molecule has 0 spiro atoms. The van der Waals surface area contributed by atoms with Crippen molar-refractivity contribution in [2.75, 3.05) is 0 Å². The molecule has 1 N–H and O–H groups in total. The van der Waals surface area contributed by atoms with Crippen molar-refractivity contribution in [3.63, 3.8) is 0 Å². The molecule has 7 heteroatoms. The third kappa shape index (κ3) is 3.02. The highest BCUT2D eigenvalue weighted by Crippen LogP contribution is 2.37. The van der Waals surface area contributed by atoms with E-state index in [9.17, 15) is 26.7 Å². The molecule has 0 unspecified atom stereocenters. The zero-order valence-corrected chi connectivity index (χ0v) is 9.60. The Labute approximate surface area is 105 Å². The van der Waals surface area contributed by atoms with Crippen molar-refractivity contribution in [3.8, 4) is 0 Å². The third-order valence-corrected chi connectivity index (χ3v) is 2.85. The highest BCUT2D eigenvalue weighted by atomic mass is 19.4. The molecule has 104 valence electrons. The van der Waals surface area contributed by atoms with E-state index in [0.717, 1.165) is 18.2 Å². The summed E-state index contributed by atoms with van der Waals surface area (Å²) in [5, 5.41) is 1.67. The van der Waals surface area contributed by atoms with Gasteiger partial charge in [0.2, 0.25) is 5.91 Å². The Hall–Kier alpha value is -1.66. The van der Waals surface area contributed by atoms with Gasteiger partial charge in [-0.3, -0.25) is 4.79 Å². The highest BCUT2D eigenvalue weighted by Gasteiger charge is 2.46. The van der Waals surface area contributed by atoms with Gasteiger partial charge in [0.25, 0.3) is 0 Å². The summed E-state index contributed by atoms with van der Waals surface area (Å²) in [5.41, 5.74) is -1.18. The van der Waals surface area contributed by atoms with Crippen molar-refractivity contribution >= 4 is 5.91 Å². The van der Waals surface area contributed by atoms with Crippen molar-refractivity contribution in [1.29, 1.82) is 0 Å². The summed E-state index contributed by atoms with van der Waals surface area (Å²) in [6.45, 7) is 0. The zero-order valence-electron chi connectivity index (χ0n) is 9.60. The summed E-state index contributed by atoms with van der Waals surface area (Å²) in [6.07, 6.45) is -3.97. The van der Waals surface area contributed by atoms with Gasteiger partial charge in [-0.05, 0) is 25.0 Å². The van der Waals surface area contributed by atoms with E-state index in [4.69, 9.17) is 0 Å². The molecule has 0 aromatic heterocycles. The number of carbonyl (C=O) groups is 1. The SMILES string of the molecule is O=C(N[C@H](c1c(F)cccc1F)C(F)(F)F)C1CC1. The molecule has 1 atom stereocenters. The molecule has 0 aliphatic heterocycles. The predicted molar refractivity (Wildman–Crippen MR) is 56.0 cm³/mol. The summed E-state index contributed by atoms with van der Waals surface area (Å²) < 4.78 is 65.4. The van der Waals surface area contributed by atoms with Crippen LogP contribution >= 0.6 is 0 Å². The maximum Gasteiger partial charge on any atom is 0.413 e. The van der Waals surface area contributed by atoms with E-state index in [1.807, 2.05) is 0 Å². The minimum absolute atomic E-state index is 0.486. The second-order valence-electron chi connectivity index (χ2n) is 4.39. The van der Waals surface area contributed by atoms with Crippen molar-refractivity contribution in [1.82, 2.24) is 5.32 Å². The minimum Gasteiger partial charge on any atom is -0.340 e. The van der Waals surface area contributed by atoms with E-state index >= 15 is 0 Å². The number of hydrogen-bond acceptors (Lipinski definition) is 1. The fourth-order valence-electron chi connectivity index (χ4n) is 1.71. The van der Waals surface area contributed by atoms with Crippen LogP contribution in [0.15, 0.2) is 18.2 Å². The maximum atomic E-state index is 13.4. The van der Waals surface area contributed by atoms with Crippen molar-refractivity contribution < 1.29 is 26.7 Å². The van der Waals surface area contributed by atoms with Gasteiger partial charge in [-0.25, -0.2) is 8.78 Å². The van der Waals surface area contributed by atoms with E-state index in [-0.39, 0.29) is 0 Å². The Morgan fingerprint density at radius 1 is 1.21 bits per heavy atom. The number of halogens is 5. The molecule has 0 radical (unpaired) electrons. The monoisotopic (exact) mass is 279 g/mol. The average Bonchev–Trinajstić information content (AvgIpc) is 3.09. The van der Waals surface area contributed by atoms with Gasteiger partial charge in [-0.1, -0.05) is 6.07 Å². The molecule has 1 amide bonds. The van der Waals surface area contributed by atoms with Crippen LogP contribution in [-0.2, 0) is 4.79 Å². The minimum atomic E-state index is -4.96. The lowest BCUT2D eigenvalue weighted by molar-refractivity contribution is -0.164. The van der Waals surface area contributed by atoms with Crippen molar-refractivity contribution in [2.24, 2.45) is 5.92 Å². The van der Waals surface area contributed by atoms with Crippen LogP contribution in [0.5, 0.6) is 0 Å². The number of alkyl halides is 3. The molecule has 1 saturated carbocycles. The molecular formula is C12H10F5NO. The van der Waals surface area contributed by atoms with E-state index in [1.54, 1.807) is 5.32 Å². The van der Waals surface area contributed by atoms with Gasteiger partial charge in [-0.15, -0.1) is 0 Å². The largest absolute Gasteiger partial charge is 0.413 e. The van der Waals surface area contributed by atoms with Crippen molar-refractivity contribution in [3.05, 3.63) is 35.4 Å². The second-order valence-corrected chi connectivity index (χ2v) is 4.39. The molecule has 19 heavy (non-hydrogen) atoms. The lowest BCUT2D eigenvalue weighted by atomic mass is 10.0. The molecule has 0 heterocycles. The van der Waals surface area contributed by atoms with Crippen LogP contribution in [0.3, 0.4) is 0 Å². The second kappa shape index (κ2) is 4.79. The maximum absolute atomic E-state index is 13.4. The zero-order chi connectivity index (χ0) is 14.2. The number of hydrogen-bond donors (Lipinski definition) is 1. The van der Waals surface area contributed by atoms with Gasteiger partial charge in [0, 0.05) is 5.92 Å². The number of rotatable bonds is 3. The molecule has 1 aromatic rings. The Bertz CT molecular complexity index is 475. The molecule has 1 aromatic carbocycles. The van der Waals surface area contributed by atoms with E-state index in [0.29, 0.717) is 12.8 Å². The molecule has 1 aliphatic rings. The van der Waals surface area contributed by atoms with E-state index < -0.39 is 41.2 Å². The molecule has 0 saturated heterocycles. The first-order valence-corrected chi connectivity index (χ1v) is 5.61. The van der Waals surface area contributed by atoms with Gasteiger partial charge in [0.05, 0.1) is 5.56 Å². The van der Waals surface area contributed by atoms with Gasteiger partial charge in [0.15, 0.2) is 6.04 Å². The average molecular weight is 279 g/mol. The quantitative estimate of drug-likeness (QED) is 0.846. The van der Waals surface area contributed by atoms with Crippen LogP contribution in [-0.4, -0.2) is 12.1 Å². The van der Waals surface area contributed by atoms with Crippen LogP contribution in [0, 0.1) is 17.6 Å². The van der Waals surface area contributed by atoms with Crippen LogP contribution in [0.25, 0.3) is 0 Å². The van der Waals surface area contributed by atoms with Gasteiger partial charge in [0.1, 0.15) is 11.6 Å². The molecule has 2 nitrogen and oxygen atoms in total. The Morgan fingerprint density at radius 3 is 2.16 bits per heavy atom. The number of carbonyl (C=O) groups excluding carboxylic acids is 1. The fourth-order valence-corrected chi connectivity index (χ4v) is 1.71. The number of benzene rings is 1. The van der Waals surface area contributed by atoms with Crippen LogP contribution in [0.2, 0.25) is 0 Å². The summed E-state index contributed by atoms with van der Waals surface area (Å²) in [7, 11) is 0. The summed E-state index contributed by atoms with van der Waals surface area (Å²) in [4.78, 5) is 11.4. The number of amides is 1. The molecular weight excluding hydrogens is 269 g/mol. The van der Waals surface area contributed by atoms with Crippen molar-refractivity contribution in [2.45, 2.75) is 25.1 Å². The first-order chi connectivity index (χ1) is 8.80. The standard InChI is InChI=1S/C12H10F5NO/c13-7-2-1-3-8(14)9(7)10(12(15,16)17)18-11(19)6-4-5-6/h1-3,6,10H,4-5H2,(H,18,19)/t10-/m1/s1. The summed E-state index contributed by atoms with van der Waals surface area (Å²) in [6, 6.07) is -0.257. The van der Waals surface area contributed by atoms with Crippen LogP contribution in [0.1, 0.15) is 24.4 Å². The fraction of sp³-hybridized carbons (Fsp3) is 0.417. The summed E-state index contributed by atoms with van der Waals surface area (Å²) in [5.74, 6) is -3.98. The molecule has 1 fully saturated rings. The van der Waals surface area contributed by atoms with Gasteiger partial charge < -0.3 is 5.32 Å². The normalized spacial score (nSPS) is 17.1. The Kier molecular flexibility index (Phi) is 3.47. The van der Waals surface area contributed by atoms with Gasteiger partial charge in [-0.2, -0.15) is 13.2 Å². The van der Waals surface area contributed by atoms with Crippen LogP contribution < -0.4 is 5.32 Å². The molecule has 0 bridgehead atoms. The Balaban J connectivity index is 2.34. The van der Waals surface area contributed by atoms with Crippen LogP contribution in [0.4, 0.5) is 22.0 Å². The van der Waals surface area contributed by atoms with Gasteiger partial charge >= 0.3 is 6.18 Å². The van der Waals surface area contributed by atoms with E-state index in [1.165, 1.54) is 0 Å². The summed E-state index contributed by atoms with van der Waals surface area (Å²) >= 11 is 0.